The molecule has 0 saturated carbocycles. The van der Waals surface area contributed by atoms with Crippen LogP contribution in [0.3, 0.4) is 0 Å². The van der Waals surface area contributed by atoms with Gasteiger partial charge in [0.05, 0.1) is 30.5 Å². The minimum Gasteiger partial charge on any atom is -0.496 e. The van der Waals surface area contributed by atoms with Crippen LogP contribution < -0.4 is 24.8 Å². The average Bonchev–Trinajstić information content (AvgIpc) is 3.37. The Morgan fingerprint density at radius 2 is 1.75 bits per heavy atom. The Morgan fingerprint density at radius 3 is 2.48 bits per heavy atom. The number of carbonyl (C=O) groups excluding carboxylic acids is 1. The van der Waals surface area contributed by atoms with Crippen LogP contribution in [0.25, 0.3) is 16.7 Å². The zero-order chi connectivity index (χ0) is 28.4. The number of esters is 1. The maximum Gasteiger partial charge on any atom is 0.355 e. The maximum atomic E-state index is 12.7. The van der Waals surface area contributed by atoms with Crippen LogP contribution >= 0.6 is 22.9 Å². The molecule has 2 heterocycles. The van der Waals surface area contributed by atoms with E-state index in [1.54, 1.807) is 37.8 Å². The highest BCUT2D eigenvalue weighted by Crippen LogP contribution is 2.43. The summed E-state index contributed by atoms with van der Waals surface area (Å²) >= 11 is 7.37. The highest BCUT2D eigenvalue weighted by molar-refractivity contribution is 7.12. The molecule has 0 saturated heterocycles. The van der Waals surface area contributed by atoms with Crippen LogP contribution in [-0.2, 0) is 6.54 Å². The van der Waals surface area contributed by atoms with E-state index in [9.17, 15) is 4.79 Å². The first-order valence-electron chi connectivity index (χ1n) is 12.8. The Morgan fingerprint density at radius 1 is 1.00 bits per heavy atom. The van der Waals surface area contributed by atoms with Crippen molar-refractivity contribution in [3.8, 4) is 28.4 Å². The molecule has 0 fully saturated rings. The lowest BCUT2D eigenvalue weighted by Crippen LogP contribution is -2.32. The Hall–Kier alpha value is -3.94. The largest absolute Gasteiger partial charge is 0.496 e. The number of benzene rings is 3. The third-order valence-electron chi connectivity index (χ3n) is 6.78. The van der Waals surface area contributed by atoms with Gasteiger partial charge < -0.3 is 24.8 Å². The van der Waals surface area contributed by atoms with Crippen molar-refractivity contribution in [2.24, 2.45) is 0 Å². The predicted molar refractivity (Wildman–Crippen MR) is 164 cm³/mol. The molecule has 0 amide bonds. The van der Waals surface area contributed by atoms with E-state index in [1.165, 1.54) is 16.9 Å². The number of nitrogens with one attached hydrogen (secondary N) is 2. The molecule has 206 valence electrons. The first kappa shape index (κ1) is 27.6. The summed E-state index contributed by atoms with van der Waals surface area (Å²) in [5, 5.41) is 9.36. The summed E-state index contributed by atoms with van der Waals surface area (Å²) in [4.78, 5) is 13.0. The van der Waals surface area contributed by atoms with Crippen LogP contribution in [0.4, 0.5) is 11.4 Å². The molecule has 2 N–H and O–H groups in total. The van der Waals surface area contributed by atoms with Crippen molar-refractivity contribution in [2.45, 2.75) is 32.9 Å². The van der Waals surface area contributed by atoms with Gasteiger partial charge in [0, 0.05) is 29.4 Å². The van der Waals surface area contributed by atoms with Gasteiger partial charge >= 0.3 is 5.97 Å². The van der Waals surface area contributed by atoms with E-state index in [4.69, 9.17) is 25.8 Å². The number of para-hydroxylation sites is 2. The van der Waals surface area contributed by atoms with Gasteiger partial charge in [-0.3, -0.25) is 0 Å². The number of ether oxygens (including phenoxy) is 3. The normalized spacial score (nSPS) is 13.5. The fourth-order valence-corrected chi connectivity index (χ4v) is 6.17. The van der Waals surface area contributed by atoms with Gasteiger partial charge in [-0.05, 0) is 79.2 Å². The number of allylic oxidation sites excluding steroid dienone is 1. The molecule has 6 nitrogen and oxygen atoms in total. The van der Waals surface area contributed by atoms with Crippen LogP contribution in [0.1, 0.15) is 41.6 Å². The molecule has 1 aliphatic rings. The van der Waals surface area contributed by atoms with Crippen LogP contribution in [0.2, 0.25) is 5.02 Å². The number of carbonyl (C=O) groups is 1. The molecule has 8 heteroatoms. The van der Waals surface area contributed by atoms with E-state index in [-0.39, 0.29) is 5.54 Å². The summed E-state index contributed by atoms with van der Waals surface area (Å²) in [6.07, 6.45) is 2.25. The molecule has 0 aliphatic carbocycles. The quantitative estimate of drug-likeness (QED) is 0.162. The van der Waals surface area contributed by atoms with Crippen molar-refractivity contribution in [1.29, 1.82) is 0 Å². The number of halogens is 1. The Balaban J connectivity index is 1.57. The van der Waals surface area contributed by atoms with Crippen LogP contribution in [0, 0.1) is 0 Å². The minimum atomic E-state index is -0.500. The standard InChI is InChI=1S/C32H31ClN2O4S/c1-19-17-32(2,3)35-26-13-12-21(23(29(19)26)18-34-25-8-6-7-9-27(25)37-4)22-11-10-20(16-28(22)38-5)39-31(36)30-24(33)14-15-40-30/h6-17,34-35H,18H2,1-5H3. The highest BCUT2D eigenvalue weighted by Gasteiger charge is 2.27. The summed E-state index contributed by atoms with van der Waals surface area (Å²) in [5.74, 6) is 1.24. The van der Waals surface area contributed by atoms with Crippen molar-refractivity contribution in [3.63, 3.8) is 0 Å². The van der Waals surface area contributed by atoms with E-state index in [0.717, 1.165) is 39.4 Å². The molecule has 5 rings (SSSR count). The number of fused-ring (bicyclic) bond motifs is 1. The van der Waals surface area contributed by atoms with Crippen molar-refractivity contribution < 1.29 is 19.0 Å². The summed E-state index contributed by atoms with van der Waals surface area (Å²) < 4.78 is 17.0. The number of methoxy groups -OCH3 is 2. The van der Waals surface area contributed by atoms with Gasteiger partial charge in [-0.1, -0.05) is 35.9 Å². The van der Waals surface area contributed by atoms with E-state index >= 15 is 0 Å². The number of rotatable bonds is 8. The first-order chi connectivity index (χ1) is 19.2. The second kappa shape index (κ2) is 11.3. The zero-order valence-electron chi connectivity index (χ0n) is 23.1. The van der Waals surface area contributed by atoms with Gasteiger partial charge in [0.15, 0.2) is 0 Å². The number of hydrogen-bond acceptors (Lipinski definition) is 7. The summed E-state index contributed by atoms with van der Waals surface area (Å²) in [6, 6.07) is 19.2. The van der Waals surface area contributed by atoms with E-state index in [1.807, 2.05) is 30.3 Å². The SMILES string of the molecule is COc1ccccc1NCc1c(-c2ccc(OC(=O)c3sccc3Cl)cc2OC)ccc2c1C(C)=CC(C)(C)N2. The third kappa shape index (κ3) is 5.53. The second-order valence-corrected chi connectivity index (χ2v) is 11.4. The van der Waals surface area contributed by atoms with Gasteiger partial charge in [0.25, 0.3) is 0 Å². The molecule has 1 aliphatic heterocycles. The van der Waals surface area contributed by atoms with Gasteiger partial charge in [0.1, 0.15) is 22.1 Å². The van der Waals surface area contributed by atoms with E-state index in [2.05, 4.69) is 49.6 Å². The smallest absolute Gasteiger partial charge is 0.355 e. The van der Waals surface area contributed by atoms with Crippen molar-refractivity contribution in [3.05, 3.63) is 93.1 Å². The molecule has 0 unspecified atom stereocenters. The summed E-state index contributed by atoms with van der Waals surface area (Å²) in [6.45, 7) is 7.01. The molecule has 0 radical (unpaired) electrons. The summed E-state index contributed by atoms with van der Waals surface area (Å²) in [7, 11) is 3.28. The highest BCUT2D eigenvalue weighted by atomic mass is 35.5. The molecule has 0 spiro atoms. The van der Waals surface area contributed by atoms with Crippen molar-refractivity contribution in [1.82, 2.24) is 0 Å². The molecule has 3 aromatic carbocycles. The molecule has 0 atom stereocenters. The fourth-order valence-electron chi connectivity index (χ4n) is 5.16. The third-order valence-corrected chi connectivity index (χ3v) is 8.10. The zero-order valence-corrected chi connectivity index (χ0v) is 24.6. The lowest BCUT2D eigenvalue weighted by atomic mass is 9.85. The van der Waals surface area contributed by atoms with Gasteiger partial charge in [-0.15, -0.1) is 11.3 Å². The lowest BCUT2D eigenvalue weighted by molar-refractivity contribution is 0.0739. The Kier molecular flexibility index (Phi) is 7.79. The topological polar surface area (TPSA) is 68.8 Å². The predicted octanol–water partition coefficient (Wildman–Crippen LogP) is 8.52. The number of thiophene rings is 1. The van der Waals surface area contributed by atoms with Gasteiger partial charge in [0.2, 0.25) is 0 Å². The second-order valence-electron chi connectivity index (χ2n) is 10.1. The molecular formula is C32H31ClN2O4S. The molecular weight excluding hydrogens is 544 g/mol. The molecule has 1 aromatic heterocycles. The summed E-state index contributed by atoms with van der Waals surface area (Å²) in [5.41, 5.74) is 7.14. The van der Waals surface area contributed by atoms with Crippen LogP contribution in [0.5, 0.6) is 17.2 Å². The molecule has 4 aromatic rings. The monoisotopic (exact) mass is 574 g/mol. The first-order valence-corrected chi connectivity index (χ1v) is 14.1. The maximum absolute atomic E-state index is 12.7. The van der Waals surface area contributed by atoms with E-state index < -0.39 is 5.97 Å². The lowest BCUT2D eigenvalue weighted by Gasteiger charge is -2.33. The van der Waals surface area contributed by atoms with Gasteiger partial charge in [-0.25, -0.2) is 4.79 Å². The Labute approximate surface area is 243 Å². The van der Waals surface area contributed by atoms with Crippen LogP contribution in [0.15, 0.2) is 72.1 Å². The van der Waals surface area contributed by atoms with E-state index in [0.29, 0.717) is 27.9 Å². The average molecular weight is 575 g/mol. The van der Waals surface area contributed by atoms with Crippen molar-refractivity contribution in [2.75, 3.05) is 24.9 Å². The van der Waals surface area contributed by atoms with Crippen LogP contribution in [-0.4, -0.2) is 25.7 Å². The Bertz CT molecular complexity index is 1610. The molecule has 40 heavy (non-hydrogen) atoms. The number of anilines is 2. The minimum absolute atomic E-state index is 0.166. The number of hydrogen-bond donors (Lipinski definition) is 2. The van der Waals surface area contributed by atoms with Gasteiger partial charge in [-0.2, -0.15) is 0 Å². The van der Waals surface area contributed by atoms with Crippen molar-refractivity contribution >= 4 is 45.9 Å². The fraction of sp³-hybridized carbons (Fsp3) is 0.219. The molecule has 0 bridgehead atoms.